The van der Waals surface area contributed by atoms with E-state index in [9.17, 15) is 0 Å². The molecule has 3 aromatic rings. The van der Waals surface area contributed by atoms with Gasteiger partial charge in [0.2, 0.25) is 0 Å². The lowest BCUT2D eigenvalue weighted by Gasteiger charge is -2.12. The lowest BCUT2D eigenvalue weighted by molar-refractivity contribution is 0.411. The second-order valence-corrected chi connectivity index (χ2v) is 6.66. The molecule has 0 saturated carbocycles. The fourth-order valence-electron chi connectivity index (χ4n) is 3.14. The molecule has 0 bridgehead atoms. The molecule has 1 heterocycles. The van der Waals surface area contributed by atoms with Crippen LogP contribution >= 0.6 is 24.0 Å². The first-order chi connectivity index (χ1) is 13.7. The SMILES string of the molecule is CCNC(=NCc1ccnc2ccccc12)NCCc1ccc(C)c(OC)c1.I. The number of rotatable bonds is 7. The number of halogens is 1. The van der Waals surface area contributed by atoms with Crippen molar-refractivity contribution in [2.45, 2.75) is 26.8 Å². The van der Waals surface area contributed by atoms with Crippen molar-refractivity contribution < 1.29 is 4.74 Å². The van der Waals surface area contributed by atoms with E-state index >= 15 is 0 Å². The van der Waals surface area contributed by atoms with Gasteiger partial charge in [-0.25, -0.2) is 4.99 Å². The summed E-state index contributed by atoms with van der Waals surface area (Å²) in [7, 11) is 1.71. The number of hydrogen-bond acceptors (Lipinski definition) is 3. The monoisotopic (exact) mass is 504 g/mol. The molecule has 0 radical (unpaired) electrons. The number of benzene rings is 2. The molecule has 3 rings (SSSR count). The van der Waals surface area contributed by atoms with E-state index < -0.39 is 0 Å². The van der Waals surface area contributed by atoms with Crippen LogP contribution in [0.1, 0.15) is 23.6 Å². The molecule has 0 spiro atoms. The molecule has 0 saturated heterocycles. The number of fused-ring (bicyclic) bond motifs is 1. The number of pyridine rings is 1. The van der Waals surface area contributed by atoms with Crippen LogP contribution in [0.4, 0.5) is 0 Å². The number of guanidine groups is 1. The first-order valence-corrected chi connectivity index (χ1v) is 9.69. The lowest BCUT2D eigenvalue weighted by atomic mass is 10.1. The van der Waals surface area contributed by atoms with Crippen LogP contribution in [-0.4, -0.2) is 31.1 Å². The predicted octanol–water partition coefficient (Wildman–Crippen LogP) is 4.47. The van der Waals surface area contributed by atoms with Crippen LogP contribution < -0.4 is 15.4 Å². The Morgan fingerprint density at radius 1 is 1.10 bits per heavy atom. The van der Waals surface area contributed by atoms with E-state index in [1.165, 1.54) is 11.1 Å². The number of hydrogen-bond donors (Lipinski definition) is 2. The maximum Gasteiger partial charge on any atom is 0.191 e. The van der Waals surface area contributed by atoms with Gasteiger partial charge in [0.05, 0.1) is 19.2 Å². The average molecular weight is 504 g/mol. The Labute approximate surface area is 190 Å². The normalized spacial score (nSPS) is 11.1. The van der Waals surface area contributed by atoms with Crippen LogP contribution in [-0.2, 0) is 13.0 Å². The van der Waals surface area contributed by atoms with Gasteiger partial charge in [0.15, 0.2) is 5.96 Å². The van der Waals surface area contributed by atoms with Crippen molar-refractivity contribution in [3.05, 3.63) is 71.4 Å². The van der Waals surface area contributed by atoms with Crippen LogP contribution in [0, 0.1) is 6.92 Å². The second kappa shape index (κ2) is 11.6. The van der Waals surface area contributed by atoms with Crippen LogP contribution in [0.2, 0.25) is 0 Å². The van der Waals surface area contributed by atoms with Gasteiger partial charge >= 0.3 is 0 Å². The standard InChI is InChI=1S/C23H28N4O.HI/c1-4-24-23(26-13-11-18-10-9-17(2)22(15-18)28-3)27-16-19-12-14-25-21-8-6-5-7-20(19)21;/h5-10,12,14-15H,4,11,13,16H2,1-3H3,(H2,24,26,27);1H. The van der Waals surface area contributed by atoms with Gasteiger partial charge in [-0.2, -0.15) is 0 Å². The Hall–Kier alpha value is -2.35. The minimum atomic E-state index is 0. The highest BCUT2D eigenvalue weighted by Gasteiger charge is 2.04. The molecule has 0 unspecified atom stereocenters. The molecule has 0 aliphatic rings. The van der Waals surface area contributed by atoms with E-state index in [-0.39, 0.29) is 24.0 Å². The Morgan fingerprint density at radius 2 is 1.93 bits per heavy atom. The molecule has 29 heavy (non-hydrogen) atoms. The molecular weight excluding hydrogens is 475 g/mol. The first-order valence-electron chi connectivity index (χ1n) is 9.69. The summed E-state index contributed by atoms with van der Waals surface area (Å²) in [5.74, 6) is 1.75. The number of aromatic nitrogens is 1. The summed E-state index contributed by atoms with van der Waals surface area (Å²) in [5, 5.41) is 7.89. The smallest absolute Gasteiger partial charge is 0.191 e. The van der Waals surface area contributed by atoms with Gasteiger partial charge in [0.25, 0.3) is 0 Å². The van der Waals surface area contributed by atoms with Gasteiger partial charge in [-0.15, -0.1) is 24.0 Å². The zero-order chi connectivity index (χ0) is 19.8. The largest absolute Gasteiger partial charge is 0.496 e. The van der Waals surface area contributed by atoms with Gasteiger partial charge < -0.3 is 15.4 Å². The Kier molecular flexibility index (Phi) is 9.18. The summed E-state index contributed by atoms with van der Waals surface area (Å²) in [6, 6.07) is 16.6. The zero-order valence-corrected chi connectivity index (χ0v) is 19.6. The molecule has 1 aromatic heterocycles. The molecule has 0 aliphatic heterocycles. The summed E-state index contributed by atoms with van der Waals surface area (Å²) in [6.07, 6.45) is 2.75. The van der Waals surface area contributed by atoms with Gasteiger partial charge in [-0.1, -0.05) is 30.3 Å². The molecule has 0 amide bonds. The third-order valence-corrected chi connectivity index (χ3v) is 4.67. The van der Waals surface area contributed by atoms with Gasteiger partial charge in [0, 0.05) is 24.7 Å². The molecule has 6 heteroatoms. The quantitative estimate of drug-likeness (QED) is 0.283. The average Bonchev–Trinajstić information content (AvgIpc) is 2.73. The van der Waals surface area contributed by atoms with Crippen molar-refractivity contribution >= 4 is 40.8 Å². The summed E-state index contributed by atoms with van der Waals surface area (Å²) < 4.78 is 5.41. The molecule has 154 valence electrons. The number of ether oxygens (including phenoxy) is 1. The van der Waals surface area contributed by atoms with Crippen LogP contribution in [0.15, 0.2) is 59.7 Å². The molecule has 0 fully saturated rings. The van der Waals surface area contributed by atoms with Crippen molar-refractivity contribution in [1.29, 1.82) is 0 Å². The Bertz CT molecular complexity index is 953. The third kappa shape index (κ3) is 6.32. The number of aryl methyl sites for hydroxylation is 1. The minimum Gasteiger partial charge on any atom is -0.496 e. The Balaban J connectivity index is 0.00000300. The Morgan fingerprint density at radius 3 is 2.72 bits per heavy atom. The topological polar surface area (TPSA) is 58.5 Å². The number of nitrogens with one attached hydrogen (secondary N) is 2. The maximum atomic E-state index is 5.41. The molecule has 2 aromatic carbocycles. The van der Waals surface area contributed by atoms with Crippen molar-refractivity contribution in [1.82, 2.24) is 15.6 Å². The highest BCUT2D eigenvalue weighted by Crippen LogP contribution is 2.19. The van der Waals surface area contributed by atoms with Gasteiger partial charge in [-0.05, 0) is 55.2 Å². The van der Waals surface area contributed by atoms with E-state index in [2.05, 4.69) is 53.7 Å². The number of methoxy groups -OCH3 is 1. The fraction of sp³-hybridized carbons (Fsp3) is 0.304. The highest BCUT2D eigenvalue weighted by atomic mass is 127. The number of nitrogens with zero attached hydrogens (tertiary/aromatic N) is 2. The summed E-state index contributed by atoms with van der Waals surface area (Å²) >= 11 is 0. The molecule has 5 nitrogen and oxygen atoms in total. The maximum absolute atomic E-state index is 5.41. The van der Waals surface area contributed by atoms with Crippen molar-refractivity contribution in [3.63, 3.8) is 0 Å². The molecule has 0 atom stereocenters. The number of aliphatic imine (C=N–C) groups is 1. The first kappa shape index (κ1) is 22.9. The highest BCUT2D eigenvalue weighted by molar-refractivity contribution is 14.0. The summed E-state index contributed by atoms with van der Waals surface area (Å²) in [5.41, 5.74) is 4.57. The van der Waals surface area contributed by atoms with Gasteiger partial charge in [0.1, 0.15) is 5.75 Å². The van der Waals surface area contributed by atoms with E-state index in [1.807, 2.05) is 30.5 Å². The third-order valence-electron chi connectivity index (χ3n) is 4.67. The van der Waals surface area contributed by atoms with E-state index in [1.54, 1.807) is 7.11 Å². The molecule has 0 aliphatic carbocycles. The second-order valence-electron chi connectivity index (χ2n) is 6.66. The van der Waals surface area contributed by atoms with Crippen LogP contribution in [0.25, 0.3) is 10.9 Å². The van der Waals surface area contributed by atoms with E-state index in [0.29, 0.717) is 6.54 Å². The van der Waals surface area contributed by atoms with E-state index in [4.69, 9.17) is 9.73 Å². The summed E-state index contributed by atoms with van der Waals surface area (Å²) in [6.45, 7) is 6.36. The lowest BCUT2D eigenvalue weighted by Crippen LogP contribution is -2.38. The number of para-hydroxylation sites is 1. The fourth-order valence-corrected chi connectivity index (χ4v) is 3.14. The van der Waals surface area contributed by atoms with E-state index in [0.717, 1.165) is 47.7 Å². The predicted molar refractivity (Wildman–Crippen MR) is 131 cm³/mol. The molecule has 2 N–H and O–H groups in total. The van der Waals surface area contributed by atoms with Crippen molar-refractivity contribution in [3.8, 4) is 5.75 Å². The zero-order valence-electron chi connectivity index (χ0n) is 17.2. The summed E-state index contributed by atoms with van der Waals surface area (Å²) in [4.78, 5) is 9.17. The van der Waals surface area contributed by atoms with Gasteiger partial charge in [-0.3, -0.25) is 4.98 Å². The molecular formula is C23H29IN4O. The van der Waals surface area contributed by atoms with Crippen LogP contribution in [0.3, 0.4) is 0 Å². The van der Waals surface area contributed by atoms with Crippen molar-refractivity contribution in [2.75, 3.05) is 20.2 Å². The van der Waals surface area contributed by atoms with Crippen LogP contribution in [0.5, 0.6) is 5.75 Å². The van der Waals surface area contributed by atoms with Crippen molar-refractivity contribution in [2.24, 2.45) is 4.99 Å². The minimum absolute atomic E-state index is 0.